The van der Waals surface area contributed by atoms with Crippen LogP contribution in [0.2, 0.25) is 5.02 Å². The average molecular weight is 297 g/mol. The second-order valence-corrected chi connectivity index (χ2v) is 6.13. The number of halogens is 1. The van der Waals surface area contributed by atoms with Gasteiger partial charge in [-0.05, 0) is 31.0 Å². The smallest absolute Gasteiger partial charge is 0.105 e. The Morgan fingerprint density at radius 1 is 1.26 bits per heavy atom. The number of hydrogen-bond donors (Lipinski definition) is 1. The summed E-state index contributed by atoms with van der Waals surface area (Å²) < 4.78 is 0. The van der Waals surface area contributed by atoms with Crippen LogP contribution in [-0.4, -0.2) is 18.1 Å². The third-order valence-electron chi connectivity index (χ3n) is 4.00. The summed E-state index contributed by atoms with van der Waals surface area (Å²) in [5.74, 6) is 0. The Hall–Kier alpha value is -0.800. The van der Waals surface area contributed by atoms with Crippen LogP contribution < -0.4 is 10.6 Å². The van der Waals surface area contributed by atoms with Crippen LogP contribution >= 0.6 is 23.8 Å². The lowest BCUT2D eigenvalue weighted by Gasteiger charge is -2.29. The molecule has 0 unspecified atom stereocenters. The van der Waals surface area contributed by atoms with Gasteiger partial charge >= 0.3 is 0 Å². The van der Waals surface area contributed by atoms with Crippen LogP contribution in [0, 0.1) is 0 Å². The van der Waals surface area contributed by atoms with E-state index in [1.165, 1.54) is 38.5 Å². The van der Waals surface area contributed by atoms with Crippen molar-refractivity contribution in [2.75, 3.05) is 11.9 Å². The second kappa shape index (κ2) is 6.58. The predicted octanol–water partition coefficient (Wildman–Crippen LogP) is 4.13. The van der Waals surface area contributed by atoms with Gasteiger partial charge in [0.15, 0.2) is 0 Å². The molecule has 2 nitrogen and oxygen atoms in total. The van der Waals surface area contributed by atoms with E-state index in [9.17, 15) is 0 Å². The summed E-state index contributed by atoms with van der Waals surface area (Å²) >= 11 is 11.2. The fourth-order valence-corrected chi connectivity index (χ4v) is 3.29. The minimum absolute atomic E-state index is 0.355. The van der Waals surface area contributed by atoms with Crippen molar-refractivity contribution < 1.29 is 0 Å². The molecule has 19 heavy (non-hydrogen) atoms. The molecule has 0 aromatic heterocycles. The van der Waals surface area contributed by atoms with Crippen molar-refractivity contribution in [2.45, 2.75) is 44.6 Å². The van der Waals surface area contributed by atoms with Gasteiger partial charge in [0.05, 0.1) is 5.02 Å². The van der Waals surface area contributed by atoms with Crippen LogP contribution in [-0.2, 0) is 0 Å². The maximum atomic E-state index is 6.25. The molecule has 1 fully saturated rings. The lowest BCUT2D eigenvalue weighted by Crippen LogP contribution is -2.31. The highest BCUT2D eigenvalue weighted by Gasteiger charge is 2.18. The van der Waals surface area contributed by atoms with Crippen LogP contribution in [0.25, 0.3) is 0 Å². The van der Waals surface area contributed by atoms with Gasteiger partial charge in [-0.1, -0.05) is 49.5 Å². The number of thiocarbonyl (C=S) groups is 1. The lowest BCUT2D eigenvalue weighted by atomic mass is 10.1. The Morgan fingerprint density at radius 2 is 1.89 bits per heavy atom. The zero-order chi connectivity index (χ0) is 13.8. The molecule has 2 rings (SSSR count). The normalized spacial score (nSPS) is 16.9. The molecule has 0 radical (unpaired) electrons. The largest absolute Gasteiger partial charge is 0.389 e. The summed E-state index contributed by atoms with van der Waals surface area (Å²) in [6, 6.07) is 6.58. The van der Waals surface area contributed by atoms with E-state index in [4.69, 9.17) is 29.6 Å². The molecule has 0 atom stereocenters. The molecule has 2 N–H and O–H groups in total. The first-order valence-corrected chi connectivity index (χ1v) is 7.70. The summed E-state index contributed by atoms with van der Waals surface area (Å²) in [4.78, 5) is 2.70. The first-order valence-electron chi connectivity index (χ1n) is 6.92. The average Bonchev–Trinajstić information content (AvgIpc) is 2.66. The monoisotopic (exact) mass is 296 g/mol. The molecular weight excluding hydrogens is 276 g/mol. The van der Waals surface area contributed by atoms with Crippen LogP contribution in [0.3, 0.4) is 0 Å². The maximum absolute atomic E-state index is 6.25. The third-order valence-corrected chi connectivity index (χ3v) is 4.53. The van der Waals surface area contributed by atoms with Gasteiger partial charge < -0.3 is 10.6 Å². The van der Waals surface area contributed by atoms with E-state index in [0.717, 1.165) is 11.3 Å². The van der Waals surface area contributed by atoms with Crippen LogP contribution in [0.15, 0.2) is 18.2 Å². The Labute approximate surface area is 125 Å². The number of rotatable bonds is 3. The zero-order valence-corrected chi connectivity index (χ0v) is 12.9. The third kappa shape index (κ3) is 3.61. The lowest BCUT2D eigenvalue weighted by molar-refractivity contribution is 0.553. The van der Waals surface area contributed by atoms with E-state index >= 15 is 0 Å². The molecule has 4 heteroatoms. The topological polar surface area (TPSA) is 29.3 Å². The molecule has 1 aromatic carbocycles. The highest BCUT2D eigenvalue weighted by molar-refractivity contribution is 7.80. The summed E-state index contributed by atoms with van der Waals surface area (Å²) in [6.07, 6.45) is 7.93. The maximum Gasteiger partial charge on any atom is 0.105 e. The van der Waals surface area contributed by atoms with Crippen molar-refractivity contribution in [3.63, 3.8) is 0 Å². The van der Waals surface area contributed by atoms with E-state index in [0.29, 0.717) is 16.1 Å². The highest BCUT2D eigenvalue weighted by Crippen LogP contribution is 2.28. The van der Waals surface area contributed by atoms with E-state index in [1.54, 1.807) is 0 Å². The van der Waals surface area contributed by atoms with E-state index in [1.807, 2.05) is 12.1 Å². The molecule has 1 aliphatic carbocycles. The molecule has 0 bridgehead atoms. The van der Waals surface area contributed by atoms with Gasteiger partial charge in [-0.2, -0.15) is 0 Å². The SMILES string of the molecule is CN(c1ccc(C(N)=S)c(Cl)c1)C1CCCCCC1. The molecule has 0 spiro atoms. The Balaban J connectivity index is 2.16. The van der Waals surface area contributed by atoms with Gasteiger partial charge in [0, 0.05) is 24.3 Å². The predicted molar refractivity (Wildman–Crippen MR) is 87.2 cm³/mol. The summed E-state index contributed by atoms with van der Waals surface area (Å²) in [6.45, 7) is 0. The van der Waals surface area contributed by atoms with Gasteiger partial charge in [-0.15, -0.1) is 0 Å². The Morgan fingerprint density at radius 3 is 2.42 bits per heavy atom. The summed E-state index contributed by atoms with van der Waals surface area (Å²) in [5.41, 5.74) is 7.55. The molecule has 104 valence electrons. The zero-order valence-electron chi connectivity index (χ0n) is 11.4. The summed E-state index contributed by atoms with van der Waals surface area (Å²) in [7, 11) is 2.15. The van der Waals surface area contributed by atoms with E-state index < -0.39 is 0 Å². The van der Waals surface area contributed by atoms with E-state index in [-0.39, 0.29) is 0 Å². The molecule has 1 saturated carbocycles. The molecular formula is C15H21ClN2S. The molecule has 1 aliphatic rings. The molecule has 0 aliphatic heterocycles. The Bertz CT molecular complexity index is 453. The van der Waals surface area contributed by atoms with Crippen molar-refractivity contribution >= 4 is 34.5 Å². The van der Waals surface area contributed by atoms with Crippen molar-refractivity contribution in [3.05, 3.63) is 28.8 Å². The number of anilines is 1. The quantitative estimate of drug-likeness (QED) is 0.671. The first kappa shape index (κ1) is 14.6. The molecule has 0 saturated heterocycles. The van der Waals surface area contributed by atoms with Crippen molar-refractivity contribution in [3.8, 4) is 0 Å². The molecule has 0 amide bonds. The highest BCUT2D eigenvalue weighted by atomic mass is 35.5. The summed E-state index contributed by atoms with van der Waals surface area (Å²) in [5, 5.41) is 0.644. The van der Waals surface area contributed by atoms with Gasteiger partial charge in [-0.3, -0.25) is 0 Å². The van der Waals surface area contributed by atoms with Crippen LogP contribution in [0.4, 0.5) is 5.69 Å². The van der Waals surface area contributed by atoms with Crippen molar-refractivity contribution in [1.82, 2.24) is 0 Å². The fourth-order valence-electron chi connectivity index (χ4n) is 2.78. The number of nitrogens with zero attached hydrogens (tertiary/aromatic N) is 1. The van der Waals surface area contributed by atoms with Gasteiger partial charge in [0.25, 0.3) is 0 Å². The fraction of sp³-hybridized carbons (Fsp3) is 0.533. The van der Waals surface area contributed by atoms with Crippen LogP contribution in [0.5, 0.6) is 0 Å². The van der Waals surface area contributed by atoms with Gasteiger partial charge in [0.2, 0.25) is 0 Å². The minimum Gasteiger partial charge on any atom is -0.389 e. The molecule has 1 aromatic rings. The van der Waals surface area contributed by atoms with Crippen molar-refractivity contribution in [2.24, 2.45) is 5.73 Å². The number of nitrogens with two attached hydrogens (primary N) is 1. The standard InChI is InChI=1S/C15H21ClN2S/c1-18(11-6-4-2-3-5-7-11)12-8-9-13(15(17)19)14(16)10-12/h8-11H,2-7H2,1H3,(H2,17,19). The minimum atomic E-state index is 0.355. The second-order valence-electron chi connectivity index (χ2n) is 5.28. The molecule has 0 heterocycles. The first-order chi connectivity index (χ1) is 9.09. The van der Waals surface area contributed by atoms with Crippen molar-refractivity contribution in [1.29, 1.82) is 0 Å². The number of hydrogen-bond acceptors (Lipinski definition) is 2. The Kier molecular flexibility index (Phi) is 5.06. The van der Waals surface area contributed by atoms with E-state index in [2.05, 4.69) is 18.0 Å². The van der Waals surface area contributed by atoms with Gasteiger partial charge in [-0.25, -0.2) is 0 Å². The number of benzene rings is 1. The van der Waals surface area contributed by atoms with Gasteiger partial charge in [0.1, 0.15) is 4.99 Å². The van der Waals surface area contributed by atoms with Crippen LogP contribution in [0.1, 0.15) is 44.1 Å².